The molecule has 0 bridgehead atoms. The van der Waals surface area contributed by atoms with Gasteiger partial charge in [-0.25, -0.2) is 0 Å². The molecule has 58 heavy (non-hydrogen) atoms. The summed E-state index contributed by atoms with van der Waals surface area (Å²) in [5, 5.41) is 23.6. The summed E-state index contributed by atoms with van der Waals surface area (Å²) >= 11 is 0. The van der Waals surface area contributed by atoms with Crippen molar-refractivity contribution in [2.45, 2.75) is 251 Å². The molecular weight excluding hydrogens is 719 g/mol. The number of amides is 1. The molecule has 0 spiro atoms. The number of aliphatic hydroxyl groups is 2. The Morgan fingerprint density at radius 3 is 1.57 bits per heavy atom. The number of rotatable bonds is 43. The van der Waals surface area contributed by atoms with Gasteiger partial charge in [0.15, 0.2) is 0 Å². The second kappa shape index (κ2) is 45.6. The van der Waals surface area contributed by atoms with Crippen LogP contribution in [0.15, 0.2) is 60.8 Å². The lowest BCUT2D eigenvalue weighted by Crippen LogP contribution is -2.46. The molecule has 0 saturated heterocycles. The predicted octanol–water partition coefficient (Wildman–Crippen LogP) is 14.5. The van der Waals surface area contributed by atoms with Gasteiger partial charge in [0.25, 0.3) is 0 Å². The average molecular weight is 812 g/mol. The molecule has 0 aromatic heterocycles. The number of carbonyl (C=O) groups is 2. The van der Waals surface area contributed by atoms with Gasteiger partial charge >= 0.3 is 5.97 Å². The molecule has 0 rings (SSSR count). The fourth-order valence-corrected chi connectivity index (χ4v) is 7.16. The lowest BCUT2D eigenvalue weighted by Gasteiger charge is -2.23. The van der Waals surface area contributed by atoms with Crippen LogP contribution in [0, 0.1) is 0 Å². The van der Waals surface area contributed by atoms with Gasteiger partial charge in [0.05, 0.1) is 25.2 Å². The zero-order valence-corrected chi connectivity index (χ0v) is 38.2. The third kappa shape index (κ3) is 40.3. The van der Waals surface area contributed by atoms with E-state index in [0.29, 0.717) is 19.3 Å². The van der Waals surface area contributed by atoms with E-state index in [2.05, 4.69) is 74.7 Å². The number of nitrogens with one attached hydrogen (secondary N) is 1. The van der Waals surface area contributed by atoms with E-state index < -0.39 is 18.2 Å². The van der Waals surface area contributed by atoms with Gasteiger partial charge in [0.2, 0.25) is 5.91 Å². The highest BCUT2D eigenvalue weighted by atomic mass is 16.5. The van der Waals surface area contributed by atoms with Crippen molar-refractivity contribution in [1.29, 1.82) is 0 Å². The summed E-state index contributed by atoms with van der Waals surface area (Å²) in [6, 6.07) is -0.735. The van der Waals surface area contributed by atoms with Crippen LogP contribution < -0.4 is 5.32 Å². The van der Waals surface area contributed by atoms with Gasteiger partial charge in [-0.2, -0.15) is 0 Å². The molecular formula is C52H93NO5. The molecule has 3 N–H and O–H groups in total. The van der Waals surface area contributed by atoms with E-state index in [0.717, 1.165) is 57.8 Å². The van der Waals surface area contributed by atoms with Crippen LogP contribution in [0.2, 0.25) is 0 Å². The van der Waals surface area contributed by atoms with Gasteiger partial charge in [0.1, 0.15) is 6.10 Å². The summed E-state index contributed by atoms with van der Waals surface area (Å²) in [6.45, 7) is 6.30. The molecule has 336 valence electrons. The van der Waals surface area contributed by atoms with E-state index in [1.807, 2.05) is 12.2 Å². The number of esters is 1. The lowest BCUT2D eigenvalue weighted by atomic mass is 10.0. The van der Waals surface area contributed by atoms with Crippen molar-refractivity contribution in [2.75, 3.05) is 6.61 Å². The highest BCUT2D eigenvalue weighted by molar-refractivity contribution is 5.78. The van der Waals surface area contributed by atoms with E-state index >= 15 is 0 Å². The van der Waals surface area contributed by atoms with Crippen molar-refractivity contribution in [2.24, 2.45) is 0 Å². The van der Waals surface area contributed by atoms with Gasteiger partial charge in [-0.1, -0.05) is 223 Å². The third-order valence-electron chi connectivity index (χ3n) is 10.9. The largest absolute Gasteiger partial charge is 0.458 e. The molecule has 0 radical (unpaired) electrons. The molecule has 0 aliphatic rings. The van der Waals surface area contributed by atoms with Crippen LogP contribution in [0.25, 0.3) is 0 Å². The van der Waals surface area contributed by atoms with Gasteiger partial charge in [0, 0.05) is 6.42 Å². The van der Waals surface area contributed by atoms with Crippen LogP contribution in [0.4, 0.5) is 0 Å². The van der Waals surface area contributed by atoms with E-state index in [-0.39, 0.29) is 24.9 Å². The first-order chi connectivity index (χ1) is 28.5. The molecule has 0 aliphatic heterocycles. The summed E-state index contributed by atoms with van der Waals surface area (Å²) in [5.74, 6) is -0.617. The topological polar surface area (TPSA) is 95.9 Å². The molecule has 0 aromatic rings. The van der Waals surface area contributed by atoms with Crippen molar-refractivity contribution in [3.05, 3.63) is 60.8 Å². The number of carbonyl (C=O) groups excluding carboxylic acids is 2. The monoisotopic (exact) mass is 812 g/mol. The Labute approximate surface area is 358 Å². The van der Waals surface area contributed by atoms with Crippen molar-refractivity contribution in [3.8, 4) is 0 Å². The standard InChI is InChI=1S/C52H93NO5/c1-4-7-10-13-16-19-22-24-25-27-30-33-36-39-42-45-52(57)58-48(43-40-37-34-31-28-21-18-15-12-9-6-3)46-51(56)53-49(47-54)50(55)44-41-38-35-32-29-26-23-20-17-14-11-8-5-2/h7,10,13,16,19,22,31,34,40,43,48-50,54-55H,4-6,8-9,11-12,14-15,17-18,20-21,23-30,32-33,35-39,41-42,44-47H2,1-3H3,(H,53,56)/b10-7+,16-13+,22-19+,34-31-,43-40+. The summed E-state index contributed by atoms with van der Waals surface area (Å²) < 4.78 is 5.81. The number of unbranched alkanes of at least 4 members (excludes halogenated alkanes) is 25. The van der Waals surface area contributed by atoms with Crippen LogP contribution in [-0.2, 0) is 14.3 Å². The molecule has 6 nitrogen and oxygen atoms in total. The maximum absolute atomic E-state index is 13.1. The number of hydrogen-bond donors (Lipinski definition) is 3. The van der Waals surface area contributed by atoms with Crippen molar-refractivity contribution < 1.29 is 24.5 Å². The third-order valence-corrected chi connectivity index (χ3v) is 10.9. The highest BCUT2D eigenvalue weighted by Gasteiger charge is 2.23. The Balaban J connectivity index is 4.64. The molecule has 3 atom stereocenters. The van der Waals surface area contributed by atoms with Crippen LogP contribution in [0.3, 0.4) is 0 Å². The quantitative estimate of drug-likeness (QED) is 0.0247. The van der Waals surface area contributed by atoms with Gasteiger partial charge in [-0.15, -0.1) is 0 Å². The maximum Gasteiger partial charge on any atom is 0.306 e. The van der Waals surface area contributed by atoms with Gasteiger partial charge in [-0.05, 0) is 57.4 Å². The predicted molar refractivity (Wildman–Crippen MR) is 250 cm³/mol. The second-order valence-electron chi connectivity index (χ2n) is 16.5. The minimum atomic E-state index is -0.813. The van der Waals surface area contributed by atoms with Crippen molar-refractivity contribution in [3.63, 3.8) is 0 Å². The fraction of sp³-hybridized carbons (Fsp3) is 0.769. The Bertz CT molecular complexity index is 1050. The molecule has 6 heteroatoms. The number of allylic oxidation sites excluding steroid dienone is 9. The Morgan fingerprint density at radius 1 is 0.552 bits per heavy atom. The number of ether oxygens (including phenoxy) is 1. The summed E-state index contributed by atoms with van der Waals surface area (Å²) in [4.78, 5) is 26.0. The average Bonchev–Trinajstić information content (AvgIpc) is 3.22. The smallest absolute Gasteiger partial charge is 0.306 e. The van der Waals surface area contributed by atoms with Crippen molar-refractivity contribution >= 4 is 11.9 Å². The summed E-state index contributed by atoms with van der Waals surface area (Å²) in [5.41, 5.74) is 0. The minimum Gasteiger partial charge on any atom is -0.458 e. The normalized spacial score (nSPS) is 13.8. The first-order valence-corrected chi connectivity index (χ1v) is 24.6. The lowest BCUT2D eigenvalue weighted by molar-refractivity contribution is -0.148. The molecule has 0 saturated carbocycles. The van der Waals surface area contributed by atoms with E-state index in [9.17, 15) is 19.8 Å². The van der Waals surface area contributed by atoms with Crippen LogP contribution in [0.5, 0.6) is 0 Å². The van der Waals surface area contributed by atoms with E-state index in [4.69, 9.17) is 4.74 Å². The molecule has 0 aromatic carbocycles. The summed E-state index contributed by atoms with van der Waals surface area (Å²) in [6.07, 6.45) is 55.9. The molecule has 0 aliphatic carbocycles. The van der Waals surface area contributed by atoms with E-state index in [1.165, 1.54) is 128 Å². The maximum atomic E-state index is 13.1. The van der Waals surface area contributed by atoms with E-state index in [1.54, 1.807) is 0 Å². The van der Waals surface area contributed by atoms with Gasteiger partial charge in [-0.3, -0.25) is 9.59 Å². The first-order valence-electron chi connectivity index (χ1n) is 24.6. The molecule has 0 heterocycles. The van der Waals surface area contributed by atoms with Crippen LogP contribution >= 0.6 is 0 Å². The Hall–Kier alpha value is -2.44. The second-order valence-corrected chi connectivity index (χ2v) is 16.5. The summed E-state index contributed by atoms with van der Waals surface area (Å²) in [7, 11) is 0. The Kier molecular flexibility index (Phi) is 43.7. The Morgan fingerprint density at radius 2 is 1.03 bits per heavy atom. The van der Waals surface area contributed by atoms with Gasteiger partial charge < -0.3 is 20.3 Å². The van der Waals surface area contributed by atoms with Crippen LogP contribution in [-0.4, -0.2) is 46.9 Å². The number of hydrogen-bond acceptors (Lipinski definition) is 5. The fourth-order valence-electron chi connectivity index (χ4n) is 7.16. The highest BCUT2D eigenvalue weighted by Crippen LogP contribution is 2.16. The molecule has 1 amide bonds. The number of aliphatic hydroxyl groups excluding tert-OH is 2. The molecule has 3 unspecified atom stereocenters. The molecule has 0 fully saturated rings. The zero-order chi connectivity index (χ0) is 42.4. The van der Waals surface area contributed by atoms with Crippen LogP contribution in [0.1, 0.15) is 233 Å². The minimum absolute atomic E-state index is 0.0347. The zero-order valence-electron chi connectivity index (χ0n) is 38.2. The van der Waals surface area contributed by atoms with Crippen molar-refractivity contribution in [1.82, 2.24) is 5.32 Å². The SMILES string of the molecule is CC/C=C/C=C/C=C/CCCCCCCCCC(=O)OC(/C=C/C/C=C\CCCCCCCC)CC(=O)NC(CO)C(O)CCCCCCCCCCCCCCC. The first kappa shape index (κ1) is 55.6.